The second kappa shape index (κ2) is 9.82. The van der Waals surface area contributed by atoms with Crippen molar-refractivity contribution in [2.45, 2.75) is 43.9 Å². The van der Waals surface area contributed by atoms with E-state index in [1.165, 1.54) is 76.9 Å². The number of benzene rings is 5. The molecule has 0 radical (unpaired) electrons. The van der Waals surface area contributed by atoms with Gasteiger partial charge in [-0.2, -0.15) is 0 Å². The summed E-state index contributed by atoms with van der Waals surface area (Å²) in [6.45, 7) is 0. The first-order chi connectivity index (χ1) is 19.8. The molecule has 5 aromatic rings. The summed E-state index contributed by atoms with van der Waals surface area (Å²) >= 11 is 0. The highest BCUT2D eigenvalue weighted by atomic mass is 14.9. The fourth-order valence-corrected chi connectivity index (χ4v) is 8.25. The summed E-state index contributed by atoms with van der Waals surface area (Å²) in [6, 6.07) is 44.7. The Kier molecular flexibility index (Phi) is 5.83. The van der Waals surface area contributed by atoms with Crippen molar-refractivity contribution in [3.8, 4) is 33.4 Å². The molecular weight excluding hydrogens is 482 g/mol. The fourth-order valence-electron chi connectivity index (χ4n) is 8.25. The van der Waals surface area contributed by atoms with Crippen LogP contribution in [-0.2, 0) is 0 Å². The first kappa shape index (κ1) is 23.8. The van der Waals surface area contributed by atoms with Gasteiger partial charge in [-0.25, -0.2) is 0 Å². The Balaban J connectivity index is 1.21. The van der Waals surface area contributed by atoms with Gasteiger partial charge in [-0.3, -0.25) is 0 Å². The summed E-state index contributed by atoms with van der Waals surface area (Å²) in [4.78, 5) is 0. The summed E-state index contributed by atoms with van der Waals surface area (Å²) in [6.07, 6.45) is 6.82. The van der Waals surface area contributed by atoms with Gasteiger partial charge in [0.15, 0.2) is 0 Å². The van der Waals surface area contributed by atoms with E-state index >= 15 is 0 Å². The molecular formula is C39H35N. The van der Waals surface area contributed by atoms with Crippen LogP contribution in [0, 0.1) is 11.8 Å². The van der Waals surface area contributed by atoms with Crippen molar-refractivity contribution < 1.29 is 0 Å². The van der Waals surface area contributed by atoms with Crippen LogP contribution in [0.15, 0.2) is 121 Å². The monoisotopic (exact) mass is 517 g/mol. The second-order valence-electron chi connectivity index (χ2n) is 12.3. The van der Waals surface area contributed by atoms with Gasteiger partial charge in [-0.15, -0.1) is 0 Å². The van der Waals surface area contributed by atoms with Crippen LogP contribution in [0.1, 0.15) is 55.1 Å². The van der Waals surface area contributed by atoms with E-state index in [0.29, 0.717) is 11.8 Å². The standard InChI is InChI=1S/C39H35N/c1-2-9-28(10-3-1)29-17-19-30(20-18-29)34-12-6-7-15-37(34)40-38-16-8-14-36-35-13-5-4-11-33(35)31-22-26-21-27(23-31)25-32(24-26)39(36)38/h1-20,26-27,31-32,40H,21-25H2. The molecule has 1 heteroatoms. The lowest BCUT2D eigenvalue weighted by Gasteiger charge is -2.42. The molecule has 9 rings (SSSR count). The summed E-state index contributed by atoms with van der Waals surface area (Å²) in [5, 5.41) is 3.98. The molecule has 4 aliphatic carbocycles. The zero-order chi connectivity index (χ0) is 26.5. The maximum absolute atomic E-state index is 3.98. The van der Waals surface area contributed by atoms with E-state index in [9.17, 15) is 0 Å². The Morgan fingerprint density at radius 1 is 0.400 bits per heavy atom. The lowest BCUT2D eigenvalue weighted by molar-refractivity contribution is 0.153. The second-order valence-corrected chi connectivity index (χ2v) is 12.3. The Hall–Kier alpha value is -4.10. The Labute approximate surface area is 237 Å². The highest BCUT2D eigenvalue weighted by molar-refractivity contribution is 5.85. The van der Waals surface area contributed by atoms with E-state index in [2.05, 4.69) is 127 Å². The summed E-state index contributed by atoms with van der Waals surface area (Å²) in [7, 11) is 0. The molecule has 0 aliphatic heterocycles. The van der Waals surface area contributed by atoms with Crippen molar-refractivity contribution >= 4 is 11.4 Å². The summed E-state index contributed by atoms with van der Waals surface area (Å²) in [5.41, 5.74) is 13.5. The average Bonchev–Trinajstić information content (AvgIpc) is 3.07. The van der Waals surface area contributed by atoms with Crippen LogP contribution >= 0.6 is 0 Å². The molecule has 2 unspecified atom stereocenters. The average molecular weight is 518 g/mol. The molecule has 2 atom stereocenters. The fraction of sp³-hybridized carbons (Fsp3) is 0.231. The van der Waals surface area contributed by atoms with Crippen molar-refractivity contribution in [3.63, 3.8) is 0 Å². The highest BCUT2D eigenvalue weighted by Crippen LogP contribution is 2.56. The van der Waals surface area contributed by atoms with Gasteiger partial charge in [0.05, 0.1) is 0 Å². The predicted molar refractivity (Wildman–Crippen MR) is 168 cm³/mol. The normalized spacial score (nSPS) is 22.5. The minimum absolute atomic E-state index is 0.617. The molecule has 4 bridgehead atoms. The third-order valence-electron chi connectivity index (χ3n) is 9.84. The molecule has 2 saturated carbocycles. The van der Waals surface area contributed by atoms with Gasteiger partial charge in [-0.1, -0.05) is 109 Å². The largest absolute Gasteiger partial charge is 0.355 e. The molecule has 0 saturated heterocycles. The summed E-state index contributed by atoms with van der Waals surface area (Å²) < 4.78 is 0. The van der Waals surface area contributed by atoms with E-state index in [0.717, 1.165) is 11.8 Å². The number of hydrogen-bond donors (Lipinski definition) is 1. The number of hydrogen-bond acceptors (Lipinski definition) is 1. The van der Waals surface area contributed by atoms with Crippen molar-refractivity contribution in [3.05, 3.63) is 132 Å². The molecule has 5 aromatic carbocycles. The molecule has 1 N–H and O–H groups in total. The van der Waals surface area contributed by atoms with Crippen molar-refractivity contribution in [1.29, 1.82) is 0 Å². The SMILES string of the molecule is c1ccc(-c2ccc(-c3ccccc3Nc3cccc4c3C3CC5CC(CC(C5)c5ccccc5-4)C3)cc2)cc1. The Bertz CT molecular complexity index is 1650. The van der Waals surface area contributed by atoms with Gasteiger partial charge < -0.3 is 5.32 Å². The zero-order valence-corrected chi connectivity index (χ0v) is 22.9. The highest BCUT2D eigenvalue weighted by Gasteiger charge is 2.40. The lowest BCUT2D eigenvalue weighted by Crippen LogP contribution is -2.29. The summed E-state index contributed by atoms with van der Waals surface area (Å²) in [5.74, 6) is 3.03. The smallest absolute Gasteiger partial charge is 0.0463 e. The maximum Gasteiger partial charge on any atom is 0.0463 e. The number of para-hydroxylation sites is 1. The van der Waals surface area contributed by atoms with Crippen LogP contribution in [-0.4, -0.2) is 0 Å². The Morgan fingerprint density at radius 3 is 1.77 bits per heavy atom. The molecule has 0 heterocycles. The lowest BCUT2D eigenvalue weighted by atomic mass is 9.63. The van der Waals surface area contributed by atoms with Crippen LogP contribution in [0.4, 0.5) is 11.4 Å². The molecule has 0 spiro atoms. The van der Waals surface area contributed by atoms with E-state index in [4.69, 9.17) is 0 Å². The zero-order valence-electron chi connectivity index (χ0n) is 22.9. The van der Waals surface area contributed by atoms with Crippen LogP contribution in [0.3, 0.4) is 0 Å². The molecule has 0 amide bonds. The third-order valence-corrected chi connectivity index (χ3v) is 9.84. The first-order valence-corrected chi connectivity index (χ1v) is 15.0. The minimum Gasteiger partial charge on any atom is -0.355 e. The van der Waals surface area contributed by atoms with Crippen LogP contribution in [0.25, 0.3) is 33.4 Å². The van der Waals surface area contributed by atoms with Crippen molar-refractivity contribution in [2.75, 3.05) is 5.32 Å². The van der Waals surface area contributed by atoms with Gasteiger partial charge >= 0.3 is 0 Å². The van der Waals surface area contributed by atoms with Gasteiger partial charge in [0.2, 0.25) is 0 Å². The minimum atomic E-state index is 0.617. The van der Waals surface area contributed by atoms with Crippen molar-refractivity contribution in [1.82, 2.24) is 0 Å². The third kappa shape index (κ3) is 4.16. The van der Waals surface area contributed by atoms with Gasteiger partial charge in [-0.05, 0) is 107 Å². The molecule has 1 nitrogen and oxygen atoms in total. The number of nitrogens with one attached hydrogen (secondary N) is 1. The predicted octanol–water partition coefficient (Wildman–Crippen LogP) is 10.8. The first-order valence-electron chi connectivity index (χ1n) is 15.0. The van der Waals surface area contributed by atoms with Gasteiger partial charge in [0, 0.05) is 16.9 Å². The topological polar surface area (TPSA) is 12.0 Å². The van der Waals surface area contributed by atoms with Gasteiger partial charge in [0.25, 0.3) is 0 Å². The molecule has 0 aromatic heterocycles. The quantitative estimate of drug-likeness (QED) is 0.250. The van der Waals surface area contributed by atoms with Gasteiger partial charge in [0.1, 0.15) is 0 Å². The van der Waals surface area contributed by atoms with Crippen LogP contribution < -0.4 is 5.32 Å². The van der Waals surface area contributed by atoms with E-state index in [-0.39, 0.29) is 0 Å². The van der Waals surface area contributed by atoms with Crippen LogP contribution in [0.5, 0.6) is 0 Å². The Morgan fingerprint density at radius 2 is 0.975 bits per heavy atom. The van der Waals surface area contributed by atoms with Crippen molar-refractivity contribution in [2.24, 2.45) is 11.8 Å². The number of rotatable bonds is 4. The van der Waals surface area contributed by atoms with E-state index < -0.39 is 0 Å². The number of anilines is 2. The molecule has 2 fully saturated rings. The molecule has 4 aliphatic rings. The maximum atomic E-state index is 3.98. The molecule has 196 valence electrons. The molecule has 40 heavy (non-hydrogen) atoms. The van der Waals surface area contributed by atoms with E-state index in [1.807, 2.05) is 0 Å². The van der Waals surface area contributed by atoms with E-state index in [1.54, 1.807) is 11.1 Å². The van der Waals surface area contributed by atoms with Crippen LogP contribution in [0.2, 0.25) is 0 Å².